The van der Waals surface area contributed by atoms with E-state index in [4.69, 9.17) is 4.98 Å². The van der Waals surface area contributed by atoms with Crippen LogP contribution in [0.5, 0.6) is 0 Å². The Kier molecular flexibility index (Phi) is 2.90. The van der Waals surface area contributed by atoms with Gasteiger partial charge in [-0.1, -0.05) is 15.9 Å². The summed E-state index contributed by atoms with van der Waals surface area (Å²) in [5.74, 6) is 0.949. The SMILES string of the molecule is Cc1cc2ncn(-c3nc4sccn4c3CBr)c2cc1C. The van der Waals surface area contributed by atoms with Crippen LogP contribution >= 0.6 is 27.3 Å². The molecule has 21 heavy (non-hydrogen) atoms. The maximum atomic E-state index is 4.76. The molecule has 3 heterocycles. The van der Waals surface area contributed by atoms with Crippen molar-refractivity contribution in [1.29, 1.82) is 0 Å². The van der Waals surface area contributed by atoms with Crippen LogP contribution in [0.15, 0.2) is 30.0 Å². The van der Waals surface area contributed by atoms with Gasteiger partial charge in [-0.05, 0) is 37.1 Å². The summed E-state index contributed by atoms with van der Waals surface area (Å²) in [6.45, 7) is 4.24. The molecule has 0 aliphatic rings. The number of aromatic nitrogens is 4. The number of imidazole rings is 2. The molecule has 6 heteroatoms. The van der Waals surface area contributed by atoms with E-state index >= 15 is 0 Å². The quantitative estimate of drug-likeness (QED) is 0.501. The van der Waals surface area contributed by atoms with Crippen molar-refractivity contribution >= 4 is 43.3 Å². The van der Waals surface area contributed by atoms with Gasteiger partial charge in [0.2, 0.25) is 0 Å². The number of thiazole rings is 1. The van der Waals surface area contributed by atoms with E-state index in [0.29, 0.717) is 0 Å². The lowest BCUT2D eigenvalue weighted by Gasteiger charge is -2.05. The number of rotatable bonds is 2. The Bertz CT molecular complexity index is 963. The van der Waals surface area contributed by atoms with Gasteiger partial charge in [-0.3, -0.25) is 8.97 Å². The van der Waals surface area contributed by atoms with E-state index in [1.165, 1.54) is 11.1 Å². The monoisotopic (exact) mass is 360 g/mol. The van der Waals surface area contributed by atoms with Crippen molar-refractivity contribution in [2.75, 3.05) is 0 Å². The van der Waals surface area contributed by atoms with Gasteiger partial charge in [0.15, 0.2) is 10.8 Å². The number of hydrogen-bond donors (Lipinski definition) is 0. The first-order valence-corrected chi connectivity index (χ1v) is 8.64. The van der Waals surface area contributed by atoms with Gasteiger partial charge in [0.1, 0.15) is 6.33 Å². The summed E-state index contributed by atoms with van der Waals surface area (Å²) in [7, 11) is 0. The molecule has 0 atom stereocenters. The summed E-state index contributed by atoms with van der Waals surface area (Å²) in [5.41, 5.74) is 5.79. The van der Waals surface area contributed by atoms with Crippen LogP contribution in [0.25, 0.3) is 21.8 Å². The van der Waals surface area contributed by atoms with Gasteiger partial charge in [0, 0.05) is 16.9 Å². The number of aryl methyl sites for hydroxylation is 2. The molecule has 0 radical (unpaired) electrons. The highest BCUT2D eigenvalue weighted by Gasteiger charge is 2.16. The van der Waals surface area contributed by atoms with Gasteiger partial charge in [0.25, 0.3) is 0 Å². The standard InChI is InChI=1S/C15H13BrN4S/c1-9-5-11-12(6-10(9)2)20(8-17-11)14-13(7-16)19-3-4-21-15(19)18-14/h3-6,8H,7H2,1-2H3. The molecule has 0 saturated carbocycles. The van der Waals surface area contributed by atoms with Crippen molar-refractivity contribution in [3.63, 3.8) is 0 Å². The van der Waals surface area contributed by atoms with Crippen LogP contribution in [0.1, 0.15) is 16.8 Å². The van der Waals surface area contributed by atoms with E-state index in [1.54, 1.807) is 11.3 Å². The van der Waals surface area contributed by atoms with Gasteiger partial charge in [0.05, 0.1) is 16.7 Å². The largest absolute Gasteiger partial charge is 0.292 e. The highest BCUT2D eigenvalue weighted by Crippen LogP contribution is 2.27. The average Bonchev–Trinajstić information content (AvgIpc) is 3.12. The normalized spacial score (nSPS) is 11.8. The minimum absolute atomic E-state index is 0.755. The summed E-state index contributed by atoms with van der Waals surface area (Å²) in [4.78, 5) is 10.3. The molecular formula is C15H13BrN4S. The first-order chi connectivity index (χ1) is 10.2. The molecule has 0 saturated heterocycles. The smallest absolute Gasteiger partial charge is 0.195 e. The molecule has 0 N–H and O–H groups in total. The van der Waals surface area contributed by atoms with Gasteiger partial charge in [-0.2, -0.15) is 0 Å². The van der Waals surface area contributed by atoms with Crippen molar-refractivity contribution in [3.8, 4) is 5.82 Å². The summed E-state index contributed by atoms with van der Waals surface area (Å²) in [6.07, 6.45) is 3.92. The van der Waals surface area contributed by atoms with Crippen molar-refractivity contribution in [1.82, 2.24) is 18.9 Å². The average molecular weight is 361 g/mol. The molecule has 4 nitrogen and oxygen atoms in total. The molecule has 3 aromatic heterocycles. The topological polar surface area (TPSA) is 35.1 Å². The number of fused-ring (bicyclic) bond motifs is 2. The minimum Gasteiger partial charge on any atom is -0.292 e. The predicted octanol–water partition coefficient (Wildman–Crippen LogP) is 4.25. The molecule has 106 valence electrons. The Balaban J connectivity index is 2.04. The van der Waals surface area contributed by atoms with E-state index < -0.39 is 0 Å². The number of alkyl halides is 1. The lowest BCUT2D eigenvalue weighted by molar-refractivity contribution is 1.01. The number of halogens is 1. The van der Waals surface area contributed by atoms with Crippen LogP contribution in [0.4, 0.5) is 0 Å². The van der Waals surface area contributed by atoms with Crippen LogP contribution in [0.2, 0.25) is 0 Å². The van der Waals surface area contributed by atoms with E-state index in [9.17, 15) is 0 Å². The highest BCUT2D eigenvalue weighted by atomic mass is 79.9. The van der Waals surface area contributed by atoms with Gasteiger partial charge in [-0.25, -0.2) is 9.97 Å². The fourth-order valence-corrected chi connectivity index (χ4v) is 3.82. The Morgan fingerprint density at radius 3 is 2.86 bits per heavy atom. The summed E-state index contributed by atoms with van der Waals surface area (Å²) < 4.78 is 4.21. The summed E-state index contributed by atoms with van der Waals surface area (Å²) in [6, 6.07) is 4.32. The number of nitrogens with zero attached hydrogens (tertiary/aromatic N) is 4. The Morgan fingerprint density at radius 2 is 2.05 bits per heavy atom. The fraction of sp³-hybridized carbons (Fsp3) is 0.200. The zero-order valence-corrected chi connectivity index (χ0v) is 14.1. The van der Waals surface area contributed by atoms with E-state index in [0.717, 1.165) is 32.8 Å². The van der Waals surface area contributed by atoms with Crippen LogP contribution in [0, 0.1) is 13.8 Å². The molecular weight excluding hydrogens is 348 g/mol. The number of hydrogen-bond acceptors (Lipinski definition) is 3. The fourth-order valence-electron chi connectivity index (χ4n) is 2.57. The third-order valence-corrected chi connectivity index (χ3v) is 5.15. The molecule has 0 fully saturated rings. The molecule has 4 aromatic rings. The Labute approximate surface area is 134 Å². The first-order valence-electron chi connectivity index (χ1n) is 6.64. The Hall–Kier alpha value is -1.66. The van der Waals surface area contributed by atoms with Crippen molar-refractivity contribution in [2.45, 2.75) is 19.2 Å². The molecule has 0 bridgehead atoms. The molecule has 4 rings (SSSR count). The van der Waals surface area contributed by atoms with Crippen molar-refractivity contribution in [3.05, 3.63) is 46.9 Å². The first kappa shape index (κ1) is 13.0. The summed E-state index contributed by atoms with van der Waals surface area (Å²) >= 11 is 5.22. The summed E-state index contributed by atoms with van der Waals surface area (Å²) in [5, 5.41) is 2.81. The highest BCUT2D eigenvalue weighted by molar-refractivity contribution is 9.08. The van der Waals surface area contributed by atoms with Crippen molar-refractivity contribution < 1.29 is 0 Å². The third kappa shape index (κ3) is 1.86. The second-order valence-corrected chi connectivity index (χ2v) is 6.54. The molecule has 0 unspecified atom stereocenters. The van der Waals surface area contributed by atoms with Gasteiger partial charge >= 0.3 is 0 Å². The van der Waals surface area contributed by atoms with Gasteiger partial charge < -0.3 is 0 Å². The molecule has 0 amide bonds. The van der Waals surface area contributed by atoms with E-state index in [1.807, 2.05) is 6.33 Å². The maximum absolute atomic E-state index is 4.76. The Morgan fingerprint density at radius 1 is 1.24 bits per heavy atom. The molecule has 0 aliphatic carbocycles. The maximum Gasteiger partial charge on any atom is 0.195 e. The molecule has 1 aromatic carbocycles. The molecule has 0 spiro atoms. The zero-order valence-electron chi connectivity index (χ0n) is 11.7. The number of benzene rings is 1. The van der Waals surface area contributed by atoms with E-state index in [-0.39, 0.29) is 0 Å². The third-order valence-electron chi connectivity index (χ3n) is 3.86. The lowest BCUT2D eigenvalue weighted by atomic mass is 10.1. The van der Waals surface area contributed by atoms with Crippen molar-refractivity contribution in [2.24, 2.45) is 0 Å². The van der Waals surface area contributed by atoms with Crippen LogP contribution in [0.3, 0.4) is 0 Å². The van der Waals surface area contributed by atoms with Crippen LogP contribution in [-0.2, 0) is 5.33 Å². The lowest BCUT2D eigenvalue weighted by Crippen LogP contribution is -1.98. The van der Waals surface area contributed by atoms with Gasteiger partial charge in [-0.15, -0.1) is 11.3 Å². The van der Waals surface area contributed by atoms with Crippen LogP contribution in [-0.4, -0.2) is 18.9 Å². The zero-order chi connectivity index (χ0) is 14.6. The van der Waals surface area contributed by atoms with Crippen LogP contribution < -0.4 is 0 Å². The second kappa shape index (κ2) is 4.68. The second-order valence-electron chi connectivity index (χ2n) is 5.11. The van der Waals surface area contributed by atoms with E-state index in [2.05, 4.69) is 67.4 Å². The minimum atomic E-state index is 0.755. The molecule has 0 aliphatic heterocycles. The predicted molar refractivity (Wildman–Crippen MR) is 89.8 cm³/mol.